The van der Waals surface area contributed by atoms with Crippen molar-refractivity contribution in [3.63, 3.8) is 0 Å². The van der Waals surface area contributed by atoms with Crippen LogP contribution >= 0.6 is 11.8 Å². The van der Waals surface area contributed by atoms with E-state index in [1.807, 2.05) is 0 Å². The summed E-state index contributed by atoms with van der Waals surface area (Å²) in [5.74, 6) is -0.413. The van der Waals surface area contributed by atoms with Gasteiger partial charge in [0.25, 0.3) is 0 Å². The number of hydrogen-bond acceptors (Lipinski definition) is 7. The zero-order chi connectivity index (χ0) is 12.9. The van der Waals surface area contributed by atoms with E-state index in [9.17, 15) is 13.2 Å². The minimum Gasteiger partial charge on any atom is -0.370 e. The van der Waals surface area contributed by atoms with E-state index in [1.165, 1.54) is 11.8 Å². The number of rotatable bonds is 7. The number of nitrogens with two attached hydrogens (primary N) is 2. The number of aromatic nitrogens is 3. The van der Waals surface area contributed by atoms with Crippen LogP contribution in [0.2, 0.25) is 0 Å². The highest BCUT2D eigenvalue weighted by Gasteiger charge is 2.13. The lowest BCUT2D eigenvalue weighted by molar-refractivity contribution is -0.117. The zero-order valence-corrected chi connectivity index (χ0v) is 10.6. The number of nitrogen functional groups attached to an aromatic ring is 1. The van der Waals surface area contributed by atoms with Crippen molar-refractivity contribution in [2.24, 2.45) is 5.73 Å². The van der Waals surface area contributed by atoms with E-state index < -0.39 is 15.7 Å². The van der Waals surface area contributed by atoms with Crippen LogP contribution in [0.15, 0.2) is 5.16 Å². The molecule has 1 heterocycles. The second-order valence-electron chi connectivity index (χ2n) is 3.22. The van der Waals surface area contributed by atoms with Crippen molar-refractivity contribution in [3.8, 4) is 0 Å². The van der Waals surface area contributed by atoms with Crippen LogP contribution in [-0.4, -0.2) is 46.8 Å². The fraction of sp³-hybridized carbons (Fsp3) is 0.571. The number of anilines is 1. The second-order valence-corrected chi connectivity index (χ2v) is 6.59. The summed E-state index contributed by atoms with van der Waals surface area (Å²) in [5.41, 5.74) is 10.2. The van der Waals surface area contributed by atoms with Crippen molar-refractivity contribution >= 4 is 33.5 Å². The average Bonchev–Trinajstić information content (AvgIpc) is 2.61. The molecule has 8 nitrogen and oxygen atoms in total. The number of carbonyl (C=O) groups is 1. The predicted octanol–water partition coefficient (Wildman–Crippen LogP) is -1.23. The van der Waals surface area contributed by atoms with Crippen molar-refractivity contribution in [3.05, 3.63) is 0 Å². The van der Waals surface area contributed by atoms with Crippen molar-refractivity contribution in [2.45, 2.75) is 11.6 Å². The van der Waals surface area contributed by atoms with Crippen molar-refractivity contribution in [1.29, 1.82) is 0 Å². The summed E-state index contributed by atoms with van der Waals surface area (Å²) in [5, 5.41) is 6.58. The number of aromatic amines is 1. The summed E-state index contributed by atoms with van der Waals surface area (Å²) in [7, 11) is -3.26. The molecule has 0 aliphatic carbocycles. The third kappa shape index (κ3) is 5.54. The largest absolute Gasteiger partial charge is 0.370 e. The Hall–Kier alpha value is -1.29. The summed E-state index contributed by atoms with van der Waals surface area (Å²) in [6.07, 6.45) is -0.152. The Bertz CT molecular complexity index is 483. The van der Waals surface area contributed by atoms with Crippen LogP contribution in [0.4, 0.5) is 5.95 Å². The van der Waals surface area contributed by atoms with Gasteiger partial charge < -0.3 is 11.5 Å². The normalized spacial score (nSPS) is 11.5. The molecule has 0 saturated heterocycles. The maximum atomic E-state index is 11.4. The molecule has 96 valence electrons. The van der Waals surface area contributed by atoms with Gasteiger partial charge in [-0.25, -0.2) is 13.5 Å². The maximum Gasteiger partial charge on any atom is 0.218 e. The number of amides is 1. The third-order valence-corrected chi connectivity index (χ3v) is 4.53. The number of nitrogens with one attached hydrogen (secondary N) is 1. The number of thioether (sulfide) groups is 1. The summed E-state index contributed by atoms with van der Waals surface area (Å²) in [6, 6.07) is 0. The molecule has 0 unspecified atom stereocenters. The lowest BCUT2D eigenvalue weighted by Crippen LogP contribution is -2.19. The minimum absolute atomic E-state index is 0.0562. The predicted molar refractivity (Wildman–Crippen MR) is 64.0 cm³/mol. The smallest absolute Gasteiger partial charge is 0.218 e. The van der Waals surface area contributed by atoms with Crippen LogP contribution in [0.25, 0.3) is 0 Å². The van der Waals surface area contributed by atoms with Gasteiger partial charge in [-0.15, -0.1) is 5.10 Å². The molecular weight excluding hydrogens is 266 g/mol. The molecule has 0 aromatic carbocycles. The first-order chi connectivity index (χ1) is 7.89. The third-order valence-electron chi connectivity index (χ3n) is 1.77. The Balaban J connectivity index is 2.32. The lowest BCUT2D eigenvalue weighted by Gasteiger charge is -2.00. The molecule has 0 aliphatic heterocycles. The van der Waals surface area contributed by atoms with Crippen LogP contribution in [0.5, 0.6) is 0 Å². The fourth-order valence-electron chi connectivity index (χ4n) is 0.941. The standard InChI is InChI=1S/C7H13N5O3S2/c8-5(13)1-3-17(14,15)4-2-16-7-10-6(9)11-12-7/h1-4H2,(H2,8,13)(H3,9,10,11,12). The molecule has 0 saturated carbocycles. The molecule has 0 fully saturated rings. The average molecular weight is 279 g/mol. The van der Waals surface area contributed by atoms with Crippen LogP contribution in [-0.2, 0) is 14.6 Å². The van der Waals surface area contributed by atoms with Crippen molar-refractivity contribution in [2.75, 3.05) is 23.0 Å². The number of carbonyl (C=O) groups excluding carboxylic acids is 1. The van der Waals surface area contributed by atoms with Gasteiger partial charge >= 0.3 is 0 Å². The van der Waals surface area contributed by atoms with Crippen LogP contribution in [0.3, 0.4) is 0 Å². The molecule has 1 rings (SSSR count). The summed E-state index contributed by atoms with van der Waals surface area (Å²) in [4.78, 5) is 14.3. The molecule has 1 aromatic rings. The molecular formula is C7H13N5O3S2. The second kappa shape index (κ2) is 5.87. The van der Waals surface area contributed by atoms with Crippen LogP contribution in [0.1, 0.15) is 6.42 Å². The summed E-state index contributed by atoms with van der Waals surface area (Å²) >= 11 is 1.17. The Morgan fingerprint density at radius 3 is 2.65 bits per heavy atom. The van der Waals surface area contributed by atoms with E-state index in [-0.39, 0.29) is 23.9 Å². The van der Waals surface area contributed by atoms with Gasteiger partial charge in [-0.2, -0.15) is 4.98 Å². The van der Waals surface area contributed by atoms with Crippen molar-refractivity contribution < 1.29 is 13.2 Å². The number of nitrogens with zero attached hydrogens (tertiary/aromatic N) is 2. The molecule has 0 radical (unpaired) electrons. The van der Waals surface area contributed by atoms with Gasteiger partial charge in [-0.3, -0.25) is 4.79 Å². The van der Waals surface area contributed by atoms with Gasteiger partial charge in [0.05, 0.1) is 11.5 Å². The van der Waals surface area contributed by atoms with E-state index in [1.54, 1.807) is 0 Å². The number of hydrogen-bond donors (Lipinski definition) is 3. The SMILES string of the molecule is NC(=O)CCS(=O)(=O)CCSc1n[nH]c(N)n1. The van der Waals surface area contributed by atoms with E-state index in [0.29, 0.717) is 10.9 Å². The summed E-state index contributed by atoms with van der Waals surface area (Å²) < 4.78 is 22.9. The minimum atomic E-state index is -3.26. The molecule has 0 aliphatic rings. The van der Waals surface area contributed by atoms with Crippen LogP contribution < -0.4 is 11.5 Å². The molecule has 1 aromatic heterocycles. The maximum absolute atomic E-state index is 11.4. The van der Waals surface area contributed by atoms with Gasteiger partial charge in [-0.05, 0) is 0 Å². The highest BCUT2D eigenvalue weighted by atomic mass is 32.2. The Kier molecular flexibility index (Phi) is 4.75. The number of sulfone groups is 1. The summed E-state index contributed by atoms with van der Waals surface area (Å²) in [6.45, 7) is 0. The first-order valence-corrected chi connectivity index (χ1v) is 7.49. The van der Waals surface area contributed by atoms with E-state index >= 15 is 0 Å². The highest BCUT2D eigenvalue weighted by Crippen LogP contribution is 2.13. The molecule has 0 atom stereocenters. The first-order valence-electron chi connectivity index (χ1n) is 4.68. The quantitative estimate of drug-likeness (QED) is 0.530. The van der Waals surface area contributed by atoms with Gasteiger partial charge in [0.1, 0.15) is 0 Å². The lowest BCUT2D eigenvalue weighted by atomic mass is 10.5. The van der Waals surface area contributed by atoms with Gasteiger partial charge in [0.2, 0.25) is 17.0 Å². The number of H-pyrrole nitrogens is 1. The molecule has 0 spiro atoms. The highest BCUT2D eigenvalue weighted by molar-refractivity contribution is 8.00. The van der Waals surface area contributed by atoms with E-state index in [2.05, 4.69) is 15.2 Å². The Labute approximate surface area is 102 Å². The first kappa shape index (κ1) is 13.8. The molecule has 17 heavy (non-hydrogen) atoms. The van der Waals surface area contributed by atoms with Crippen molar-refractivity contribution in [1.82, 2.24) is 15.2 Å². The molecule has 1 amide bonds. The fourth-order valence-corrected chi connectivity index (χ4v) is 3.46. The number of primary amides is 1. The van der Waals surface area contributed by atoms with Gasteiger partial charge in [-0.1, -0.05) is 11.8 Å². The van der Waals surface area contributed by atoms with Gasteiger partial charge in [0.15, 0.2) is 9.84 Å². The Morgan fingerprint density at radius 1 is 1.41 bits per heavy atom. The Morgan fingerprint density at radius 2 is 2.12 bits per heavy atom. The topological polar surface area (TPSA) is 145 Å². The molecule has 5 N–H and O–H groups in total. The molecule has 0 bridgehead atoms. The van der Waals surface area contributed by atoms with Crippen LogP contribution in [0, 0.1) is 0 Å². The molecule has 10 heteroatoms. The van der Waals surface area contributed by atoms with E-state index in [4.69, 9.17) is 11.5 Å². The van der Waals surface area contributed by atoms with Gasteiger partial charge in [0, 0.05) is 12.2 Å². The zero-order valence-electron chi connectivity index (χ0n) is 8.92. The van der Waals surface area contributed by atoms with E-state index in [0.717, 1.165) is 0 Å². The monoisotopic (exact) mass is 279 g/mol.